The standard InChI is InChI=1S/C14H12ClFN2O3S/c1-22(20,21)18-12-7-6-9(16)8-10(12)14(19)17-13-5-3-2-4-11(13)15/h2-8,18H,1H3,(H,17,19). The summed E-state index contributed by atoms with van der Waals surface area (Å²) >= 11 is 5.93. The lowest BCUT2D eigenvalue weighted by Crippen LogP contribution is -2.18. The zero-order valence-electron chi connectivity index (χ0n) is 11.4. The molecule has 0 aromatic heterocycles. The van der Waals surface area contributed by atoms with Crippen LogP contribution in [0, 0.1) is 5.82 Å². The third kappa shape index (κ3) is 4.19. The summed E-state index contributed by atoms with van der Waals surface area (Å²) in [4.78, 5) is 12.3. The van der Waals surface area contributed by atoms with Crippen LogP contribution in [0.3, 0.4) is 0 Å². The molecular weight excluding hydrogens is 331 g/mol. The molecule has 0 aliphatic rings. The average Bonchev–Trinajstić information content (AvgIpc) is 2.42. The van der Waals surface area contributed by atoms with E-state index < -0.39 is 21.7 Å². The fourth-order valence-corrected chi connectivity index (χ4v) is 2.51. The van der Waals surface area contributed by atoms with Crippen molar-refractivity contribution in [3.63, 3.8) is 0 Å². The zero-order valence-corrected chi connectivity index (χ0v) is 13.0. The van der Waals surface area contributed by atoms with E-state index in [1.165, 1.54) is 6.07 Å². The Morgan fingerprint density at radius 3 is 2.45 bits per heavy atom. The van der Waals surface area contributed by atoms with Crippen LogP contribution in [0.2, 0.25) is 5.02 Å². The predicted molar refractivity (Wildman–Crippen MR) is 84.3 cm³/mol. The second-order valence-electron chi connectivity index (χ2n) is 4.50. The van der Waals surface area contributed by atoms with Crippen molar-refractivity contribution in [1.82, 2.24) is 0 Å². The summed E-state index contributed by atoms with van der Waals surface area (Å²) in [5.74, 6) is -1.35. The first kappa shape index (κ1) is 16.3. The number of amides is 1. The number of carbonyl (C=O) groups excluding carboxylic acids is 1. The summed E-state index contributed by atoms with van der Waals surface area (Å²) in [5.41, 5.74) is 0.169. The summed E-state index contributed by atoms with van der Waals surface area (Å²) in [6, 6.07) is 9.69. The SMILES string of the molecule is CS(=O)(=O)Nc1ccc(F)cc1C(=O)Nc1ccccc1Cl. The molecule has 0 fully saturated rings. The second kappa shape index (κ2) is 6.33. The van der Waals surface area contributed by atoms with Gasteiger partial charge < -0.3 is 5.32 Å². The van der Waals surface area contributed by atoms with E-state index in [9.17, 15) is 17.6 Å². The van der Waals surface area contributed by atoms with E-state index in [0.29, 0.717) is 10.7 Å². The number of halogens is 2. The van der Waals surface area contributed by atoms with Crippen LogP contribution in [0.5, 0.6) is 0 Å². The van der Waals surface area contributed by atoms with Crippen molar-refractivity contribution in [2.45, 2.75) is 0 Å². The Kier molecular flexibility index (Phi) is 4.68. The maximum Gasteiger partial charge on any atom is 0.257 e. The molecule has 2 aromatic rings. The largest absolute Gasteiger partial charge is 0.321 e. The molecule has 1 amide bonds. The second-order valence-corrected chi connectivity index (χ2v) is 6.65. The van der Waals surface area contributed by atoms with Crippen LogP contribution in [-0.2, 0) is 10.0 Å². The van der Waals surface area contributed by atoms with Crippen molar-refractivity contribution in [3.05, 3.63) is 58.9 Å². The van der Waals surface area contributed by atoms with Crippen molar-refractivity contribution in [2.75, 3.05) is 16.3 Å². The summed E-state index contributed by atoms with van der Waals surface area (Å²) in [6.07, 6.45) is 0.937. The number of benzene rings is 2. The molecule has 8 heteroatoms. The number of hydrogen-bond acceptors (Lipinski definition) is 3. The minimum absolute atomic E-state index is 0.0200. The lowest BCUT2D eigenvalue weighted by molar-refractivity contribution is 0.102. The van der Waals surface area contributed by atoms with Gasteiger partial charge >= 0.3 is 0 Å². The van der Waals surface area contributed by atoms with Crippen LogP contribution in [0.4, 0.5) is 15.8 Å². The van der Waals surface area contributed by atoms with Gasteiger partial charge in [0.05, 0.1) is 28.2 Å². The first-order valence-electron chi connectivity index (χ1n) is 6.09. The molecule has 0 saturated heterocycles. The van der Waals surface area contributed by atoms with Crippen molar-refractivity contribution >= 4 is 38.9 Å². The summed E-state index contributed by atoms with van der Waals surface area (Å²) < 4.78 is 38.2. The molecule has 0 atom stereocenters. The molecule has 2 rings (SSSR count). The van der Waals surface area contributed by atoms with Crippen molar-refractivity contribution in [1.29, 1.82) is 0 Å². The third-order valence-electron chi connectivity index (χ3n) is 2.64. The van der Waals surface area contributed by atoms with Gasteiger partial charge in [-0.3, -0.25) is 9.52 Å². The minimum atomic E-state index is -3.61. The predicted octanol–water partition coefficient (Wildman–Crippen LogP) is 3.10. The Balaban J connectivity index is 2.36. The number of sulfonamides is 1. The third-order valence-corrected chi connectivity index (χ3v) is 3.56. The Labute approximate surface area is 132 Å². The maximum absolute atomic E-state index is 13.4. The maximum atomic E-state index is 13.4. The minimum Gasteiger partial charge on any atom is -0.321 e. The van der Waals surface area contributed by atoms with Crippen LogP contribution >= 0.6 is 11.6 Å². The van der Waals surface area contributed by atoms with Gasteiger partial charge in [-0.2, -0.15) is 0 Å². The molecule has 0 saturated carbocycles. The Morgan fingerprint density at radius 2 is 1.82 bits per heavy atom. The van der Waals surface area contributed by atoms with Gasteiger partial charge in [-0.05, 0) is 30.3 Å². The Morgan fingerprint density at radius 1 is 1.14 bits per heavy atom. The molecule has 0 aliphatic carbocycles. The smallest absolute Gasteiger partial charge is 0.257 e. The van der Waals surface area contributed by atoms with Crippen LogP contribution in [0.15, 0.2) is 42.5 Å². The van der Waals surface area contributed by atoms with Crippen LogP contribution in [-0.4, -0.2) is 20.6 Å². The van der Waals surface area contributed by atoms with Crippen molar-refractivity contribution < 1.29 is 17.6 Å². The fourth-order valence-electron chi connectivity index (χ4n) is 1.75. The van der Waals surface area contributed by atoms with Gasteiger partial charge in [0.2, 0.25) is 10.0 Å². The highest BCUT2D eigenvalue weighted by molar-refractivity contribution is 7.92. The number of anilines is 2. The summed E-state index contributed by atoms with van der Waals surface area (Å²) in [6.45, 7) is 0. The van der Waals surface area contributed by atoms with Crippen molar-refractivity contribution in [2.24, 2.45) is 0 Å². The highest BCUT2D eigenvalue weighted by atomic mass is 35.5. The molecule has 0 bridgehead atoms. The molecular formula is C14H12ClFN2O3S. The molecule has 0 aliphatic heterocycles. The van der Waals surface area contributed by atoms with E-state index >= 15 is 0 Å². The first-order chi connectivity index (χ1) is 10.3. The molecule has 5 nitrogen and oxygen atoms in total. The van der Waals surface area contributed by atoms with Gasteiger partial charge in [0.1, 0.15) is 5.82 Å². The first-order valence-corrected chi connectivity index (χ1v) is 8.36. The normalized spacial score (nSPS) is 11.0. The van der Waals surface area contributed by atoms with Crippen LogP contribution in [0.25, 0.3) is 0 Å². The van der Waals surface area contributed by atoms with Gasteiger partial charge in [0.15, 0.2) is 0 Å². The number of hydrogen-bond donors (Lipinski definition) is 2. The van der Waals surface area contributed by atoms with E-state index in [0.717, 1.165) is 18.4 Å². The van der Waals surface area contributed by atoms with Crippen LogP contribution < -0.4 is 10.0 Å². The quantitative estimate of drug-likeness (QED) is 0.896. The van der Waals surface area contributed by atoms with Gasteiger partial charge in [-0.15, -0.1) is 0 Å². The zero-order chi connectivity index (χ0) is 16.3. The van der Waals surface area contributed by atoms with Gasteiger partial charge in [0.25, 0.3) is 5.91 Å². The number of carbonyl (C=O) groups is 1. The topological polar surface area (TPSA) is 75.3 Å². The molecule has 0 radical (unpaired) electrons. The molecule has 0 unspecified atom stereocenters. The van der Waals surface area contributed by atoms with Gasteiger partial charge in [0, 0.05) is 0 Å². The molecule has 2 aromatic carbocycles. The van der Waals surface area contributed by atoms with E-state index in [1.807, 2.05) is 0 Å². The molecule has 2 N–H and O–H groups in total. The molecule has 0 heterocycles. The number of nitrogens with one attached hydrogen (secondary N) is 2. The molecule has 116 valence electrons. The Bertz CT molecular complexity index is 825. The fraction of sp³-hybridized carbons (Fsp3) is 0.0714. The Hall–Kier alpha value is -2.12. The molecule has 0 spiro atoms. The van der Waals surface area contributed by atoms with Gasteiger partial charge in [-0.25, -0.2) is 12.8 Å². The monoisotopic (exact) mass is 342 g/mol. The molecule has 22 heavy (non-hydrogen) atoms. The van der Waals surface area contributed by atoms with Crippen LogP contribution in [0.1, 0.15) is 10.4 Å². The van der Waals surface area contributed by atoms with E-state index in [4.69, 9.17) is 11.6 Å². The summed E-state index contributed by atoms with van der Waals surface area (Å²) in [7, 11) is -3.61. The highest BCUT2D eigenvalue weighted by Gasteiger charge is 2.16. The lowest BCUT2D eigenvalue weighted by Gasteiger charge is -2.12. The summed E-state index contributed by atoms with van der Waals surface area (Å²) in [5, 5.41) is 2.82. The van der Waals surface area contributed by atoms with E-state index in [2.05, 4.69) is 10.0 Å². The highest BCUT2D eigenvalue weighted by Crippen LogP contribution is 2.24. The van der Waals surface area contributed by atoms with Crippen molar-refractivity contribution in [3.8, 4) is 0 Å². The average molecular weight is 343 g/mol. The van der Waals surface area contributed by atoms with E-state index in [-0.39, 0.29) is 11.3 Å². The lowest BCUT2D eigenvalue weighted by atomic mass is 10.1. The van der Waals surface area contributed by atoms with E-state index in [1.54, 1.807) is 24.3 Å². The number of para-hydroxylation sites is 1. The number of rotatable bonds is 4. The van der Waals surface area contributed by atoms with Gasteiger partial charge in [-0.1, -0.05) is 23.7 Å².